The molecule has 1 aliphatic rings. The van der Waals surface area contributed by atoms with Crippen LogP contribution in [0, 0.1) is 6.92 Å². The van der Waals surface area contributed by atoms with E-state index in [-0.39, 0.29) is 0 Å². The van der Waals surface area contributed by atoms with Gasteiger partial charge in [0.05, 0.1) is 21.1 Å². The van der Waals surface area contributed by atoms with Crippen molar-refractivity contribution in [1.82, 2.24) is 19.9 Å². The van der Waals surface area contributed by atoms with Gasteiger partial charge in [0.25, 0.3) is 0 Å². The van der Waals surface area contributed by atoms with E-state index in [9.17, 15) is 4.79 Å². The van der Waals surface area contributed by atoms with Crippen molar-refractivity contribution in [2.45, 2.75) is 6.92 Å². The van der Waals surface area contributed by atoms with E-state index in [1.165, 1.54) is 11.2 Å². The number of nitrogens with one attached hydrogen (secondary N) is 1. The molecule has 0 radical (unpaired) electrons. The summed E-state index contributed by atoms with van der Waals surface area (Å²) in [6.45, 7) is 4.33. The topological polar surface area (TPSA) is 111 Å². The third kappa shape index (κ3) is 4.23. The lowest BCUT2D eigenvalue weighted by Crippen LogP contribution is -2.48. The Labute approximate surface area is 171 Å². The van der Waals surface area contributed by atoms with Crippen molar-refractivity contribution in [2.75, 3.05) is 36.8 Å². The molecule has 0 saturated carbocycles. The molecule has 0 atom stereocenters. The number of halogens is 2. The van der Waals surface area contributed by atoms with Crippen molar-refractivity contribution in [1.29, 1.82) is 0 Å². The number of hydrogen-bond donors (Lipinski definition) is 3. The second kappa shape index (κ2) is 8.53. The predicted molar refractivity (Wildman–Crippen MR) is 111 cm³/mol. The van der Waals surface area contributed by atoms with Gasteiger partial charge in [0.15, 0.2) is 0 Å². The van der Waals surface area contributed by atoms with Crippen LogP contribution in [-0.4, -0.2) is 57.2 Å². The number of aryl methyl sites for hydroxylation is 1. The molecule has 1 amide bonds. The highest BCUT2D eigenvalue weighted by molar-refractivity contribution is 6.43. The van der Waals surface area contributed by atoms with E-state index in [0.29, 0.717) is 41.9 Å². The Morgan fingerprint density at radius 1 is 1.21 bits per heavy atom. The van der Waals surface area contributed by atoms with Crippen molar-refractivity contribution in [2.24, 2.45) is 0 Å². The molecule has 3 heterocycles. The molecule has 4 rings (SSSR count). The van der Waals surface area contributed by atoms with Crippen LogP contribution < -0.4 is 10.6 Å². The van der Waals surface area contributed by atoms with Crippen LogP contribution in [0.1, 0.15) is 5.56 Å². The normalized spacial score (nSPS) is 14.0. The van der Waals surface area contributed by atoms with Gasteiger partial charge >= 0.3 is 6.09 Å². The molecule has 2 aromatic heterocycles. The van der Waals surface area contributed by atoms with Crippen LogP contribution in [0.3, 0.4) is 0 Å². The first-order chi connectivity index (χ1) is 13.4. The van der Waals surface area contributed by atoms with Gasteiger partial charge in [-0.2, -0.15) is 0 Å². The first-order valence-corrected chi connectivity index (χ1v) is 9.35. The average Bonchev–Trinajstić information content (AvgIpc) is 3.08. The van der Waals surface area contributed by atoms with Gasteiger partial charge in [-0.25, -0.2) is 14.8 Å². The van der Waals surface area contributed by atoms with E-state index in [4.69, 9.17) is 34.0 Å². The lowest BCUT2D eigenvalue weighted by atomic mass is 10.2. The lowest BCUT2D eigenvalue weighted by Gasteiger charge is -2.34. The number of fused-ring (bicyclic) bond motifs is 1. The number of carboxylic acid groups (broad SMARTS) is 1. The maximum Gasteiger partial charge on any atom is 0.407 e. The number of aromatic nitrogens is 3. The van der Waals surface area contributed by atoms with Gasteiger partial charge in [0.2, 0.25) is 0 Å². The maximum absolute atomic E-state index is 10.9. The van der Waals surface area contributed by atoms with Gasteiger partial charge in [-0.05, 0) is 24.6 Å². The van der Waals surface area contributed by atoms with Crippen LogP contribution in [0.15, 0.2) is 30.7 Å². The number of benzene rings is 1. The largest absolute Gasteiger partial charge is 0.465 e. The number of rotatable bonds is 1. The number of anilines is 2. The van der Waals surface area contributed by atoms with E-state index in [0.717, 1.165) is 22.4 Å². The summed E-state index contributed by atoms with van der Waals surface area (Å²) in [6.07, 6.45) is 2.60. The van der Waals surface area contributed by atoms with Gasteiger partial charge < -0.3 is 25.6 Å². The van der Waals surface area contributed by atoms with E-state index < -0.39 is 6.09 Å². The summed E-state index contributed by atoms with van der Waals surface area (Å²) in [5, 5.41) is 10.9. The van der Waals surface area contributed by atoms with Crippen molar-refractivity contribution in [3.63, 3.8) is 0 Å². The number of amides is 1. The Morgan fingerprint density at radius 3 is 2.54 bits per heavy atom. The molecular formula is C18H20Cl2N6O2. The molecule has 1 saturated heterocycles. The van der Waals surface area contributed by atoms with E-state index in [1.807, 2.05) is 13.1 Å². The Bertz CT molecular complexity index is 965. The maximum atomic E-state index is 10.9. The number of nitrogens with two attached hydrogens (primary N) is 1. The third-order valence-electron chi connectivity index (χ3n) is 4.48. The molecule has 0 bridgehead atoms. The molecule has 8 nitrogen and oxygen atoms in total. The number of H-pyrrole nitrogens is 1. The zero-order valence-electron chi connectivity index (χ0n) is 15.2. The monoisotopic (exact) mass is 422 g/mol. The Kier molecular flexibility index (Phi) is 6.11. The third-order valence-corrected chi connectivity index (χ3v) is 5.31. The fourth-order valence-corrected chi connectivity index (χ4v) is 3.28. The standard InChI is InChI=1S/C12H15N5O2.C6H5Cl2N/c1-8-6-13-10-9(8)11(15-7-14-10)16-2-4-17(5-3-16)12(18)19;7-4-2-1-3-5(9)6(4)8/h6-7H,2-5H2,1H3,(H,18,19)(H,13,14,15);1-3H,9H2. The predicted octanol–water partition coefficient (Wildman–Crippen LogP) is 3.64. The summed E-state index contributed by atoms with van der Waals surface area (Å²) in [5.41, 5.74) is 7.85. The van der Waals surface area contributed by atoms with Gasteiger partial charge in [-0.15, -0.1) is 0 Å². The summed E-state index contributed by atoms with van der Waals surface area (Å²) >= 11 is 11.2. The number of nitrogen functional groups attached to an aromatic ring is 1. The van der Waals surface area contributed by atoms with E-state index >= 15 is 0 Å². The number of nitrogens with zero attached hydrogens (tertiary/aromatic N) is 4. The first kappa shape index (κ1) is 20.0. The highest BCUT2D eigenvalue weighted by Gasteiger charge is 2.23. The summed E-state index contributed by atoms with van der Waals surface area (Å²) < 4.78 is 0. The summed E-state index contributed by atoms with van der Waals surface area (Å²) in [6, 6.07) is 5.15. The Morgan fingerprint density at radius 2 is 1.93 bits per heavy atom. The molecule has 1 aliphatic heterocycles. The van der Waals surface area contributed by atoms with Crippen LogP contribution >= 0.6 is 23.2 Å². The minimum atomic E-state index is -0.856. The van der Waals surface area contributed by atoms with Crippen molar-refractivity contribution in [3.8, 4) is 0 Å². The number of carbonyl (C=O) groups is 1. The van der Waals surface area contributed by atoms with Crippen LogP contribution in [0.4, 0.5) is 16.3 Å². The molecule has 1 aromatic carbocycles. The molecule has 0 unspecified atom stereocenters. The number of piperazine rings is 1. The van der Waals surface area contributed by atoms with Crippen LogP contribution in [0.2, 0.25) is 10.0 Å². The first-order valence-electron chi connectivity index (χ1n) is 8.59. The number of hydrogen-bond acceptors (Lipinski definition) is 5. The molecule has 10 heteroatoms. The molecule has 28 heavy (non-hydrogen) atoms. The van der Waals surface area contributed by atoms with E-state index in [1.54, 1.807) is 18.2 Å². The molecular weight excluding hydrogens is 403 g/mol. The molecule has 3 aromatic rings. The summed E-state index contributed by atoms with van der Waals surface area (Å²) in [7, 11) is 0. The second-order valence-corrected chi connectivity index (χ2v) is 7.08. The van der Waals surface area contributed by atoms with E-state index in [2.05, 4.69) is 19.9 Å². The summed E-state index contributed by atoms with van der Waals surface area (Å²) in [4.78, 5) is 26.1. The highest BCUT2D eigenvalue weighted by atomic mass is 35.5. The number of aromatic amines is 1. The minimum Gasteiger partial charge on any atom is -0.465 e. The SMILES string of the molecule is Cc1c[nH]c2ncnc(N3CCN(C(=O)O)CC3)c12.Nc1cccc(Cl)c1Cl. The van der Waals surface area contributed by atoms with Gasteiger partial charge in [0.1, 0.15) is 17.8 Å². The van der Waals surface area contributed by atoms with Crippen molar-refractivity contribution in [3.05, 3.63) is 46.3 Å². The fraction of sp³-hybridized carbons (Fsp3) is 0.278. The highest BCUT2D eigenvalue weighted by Crippen LogP contribution is 2.27. The second-order valence-electron chi connectivity index (χ2n) is 6.29. The van der Waals surface area contributed by atoms with Gasteiger partial charge in [-0.1, -0.05) is 29.3 Å². The summed E-state index contributed by atoms with van der Waals surface area (Å²) in [5.74, 6) is 0.883. The van der Waals surface area contributed by atoms with Gasteiger partial charge in [-0.3, -0.25) is 0 Å². The van der Waals surface area contributed by atoms with Crippen molar-refractivity contribution >= 4 is 51.8 Å². The lowest BCUT2D eigenvalue weighted by molar-refractivity contribution is 0.142. The smallest absolute Gasteiger partial charge is 0.407 e. The zero-order chi connectivity index (χ0) is 20.3. The Balaban J connectivity index is 0.000000211. The molecule has 4 N–H and O–H groups in total. The molecule has 0 aliphatic carbocycles. The molecule has 1 fully saturated rings. The molecule has 148 valence electrons. The quantitative estimate of drug-likeness (QED) is 0.516. The van der Waals surface area contributed by atoms with Gasteiger partial charge in [0, 0.05) is 32.4 Å². The molecule has 0 spiro atoms. The van der Waals surface area contributed by atoms with Crippen LogP contribution in [-0.2, 0) is 0 Å². The van der Waals surface area contributed by atoms with Crippen LogP contribution in [0.25, 0.3) is 11.0 Å². The zero-order valence-corrected chi connectivity index (χ0v) is 16.7. The van der Waals surface area contributed by atoms with Crippen LogP contribution in [0.5, 0.6) is 0 Å². The van der Waals surface area contributed by atoms with Crippen molar-refractivity contribution < 1.29 is 9.90 Å². The minimum absolute atomic E-state index is 0.430. The fourth-order valence-electron chi connectivity index (χ4n) is 2.97. The average molecular weight is 423 g/mol. The Hall–Kier alpha value is -2.71.